The maximum absolute atomic E-state index is 11.8. The minimum absolute atomic E-state index is 0.124. The van der Waals surface area contributed by atoms with E-state index in [1.165, 1.54) is 12.1 Å². The van der Waals surface area contributed by atoms with E-state index in [1.807, 2.05) is 0 Å². The van der Waals surface area contributed by atoms with Crippen molar-refractivity contribution in [2.45, 2.75) is 38.6 Å². The molecule has 0 spiro atoms. The number of hydrogen-bond acceptors (Lipinski definition) is 3. The van der Waals surface area contributed by atoms with Gasteiger partial charge in [-0.1, -0.05) is 12.8 Å². The lowest BCUT2D eigenvalue weighted by atomic mass is 10.2. The number of rotatable bonds is 2. The van der Waals surface area contributed by atoms with Gasteiger partial charge < -0.3 is 15.7 Å². The van der Waals surface area contributed by atoms with Crippen molar-refractivity contribution in [1.82, 2.24) is 5.32 Å². The zero-order chi connectivity index (χ0) is 13.8. The van der Waals surface area contributed by atoms with Gasteiger partial charge in [-0.25, -0.2) is 0 Å². The molecular formula is C14H18N2O3. The highest BCUT2D eigenvalue weighted by Crippen LogP contribution is 2.20. The van der Waals surface area contributed by atoms with Crippen molar-refractivity contribution in [1.29, 1.82) is 0 Å². The predicted molar refractivity (Wildman–Crippen MR) is 71.9 cm³/mol. The average Bonchev–Trinajstić information content (AvgIpc) is 2.85. The van der Waals surface area contributed by atoms with Crippen LogP contribution in [-0.2, 0) is 9.59 Å². The summed E-state index contributed by atoms with van der Waals surface area (Å²) < 4.78 is 0. The van der Waals surface area contributed by atoms with Crippen molar-refractivity contribution < 1.29 is 14.7 Å². The van der Waals surface area contributed by atoms with Crippen LogP contribution in [0.25, 0.3) is 0 Å². The Hall–Kier alpha value is -2.04. The fourth-order valence-corrected chi connectivity index (χ4v) is 2.29. The molecule has 1 fully saturated rings. The second kappa shape index (κ2) is 5.73. The minimum Gasteiger partial charge on any atom is -0.508 e. The third-order valence-electron chi connectivity index (χ3n) is 3.35. The summed E-state index contributed by atoms with van der Waals surface area (Å²) in [6.45, 7) is 1.75. The van der Waals surface area contributed by atoms with Gasteiger partial charge in [0.05, 0.1) is 0 Å². The van der Waals surface area contributed by atoms with E-state index < -0.39 is 11.8 Å². The Kier molecular flexibility index (Phi) is 4.04. The molecular weight excluding hydrogens is 244 g/mol. The van der Waals surface area contributed by atoms with Crippen molar-refractivity contribution in [3.05, 3.63) is 23.8 Å². The Balaban J connectivity index is 1.94. The normalized spacial score (nSPS) is 15.2. The molecule has 1 saturated carbocycles. The lowest BCUT2D eigenvalue weighted by molar-refractivity contribution is -0.136. The van der Waals surface area contributed by atoms with Crippen LogP contribution in [0.4, 0.5) is 5.69 Å². The molecule has 2 amide bonds. The minimum atomic E-state index is -0.666. The summed E-state index contributed by atoms with van der Waals surface area (Å²) in [4.78, 5) is 23.5. The molecule has 102 valence electrons. The number of aryl methyl sites for hydroxylation is 1. The Morgan fingerprint density at radius 1 is 1.21 bits per heavy atom. The molecule has 0 saturated heterocycles. The van der Waals surface area contributed by atoms with Gasteiger partial charge in [-0.15, -0.1) is 0 Å². The number of hydrogen-bond donors (Lipinski definition) is 3. The number of phenolic OH excluding ortho intramolecular Hbond substituents is 1. The zero-order valence-electron chi connectivity index (χ0n) is 10.9. The second-order valence-corrected chi connectivity index (χ2v) is 4.91. The molecule has 5 heteroatoms. The Morgan fingerprint density at radius 3 is 2.53 bits per heavy atom. The monoisotopic (exact) mass is 262 g/mol. The van der Waals surface area contributed by atoms with E-state index in [1.54, 1.807) is 13.0 Å². The molecule has 5 nitrogen and oxygen atoms in total. The van der Waals surface area contributed by atoms with E-state index in [9.17, 15) is 14.7 Å². The van der Waals surface area contributed by atoms with Crippen molar-refractivity contribution in [2.75, 3.05) is 5.32 Å². The number of benzene rings is 1. The molecule has 0 atom stereocenters. The Labute approximate surface area is 112 Å². The van der Waals surface area contributed by atoms with E-state index in [0.717, 1.165) is 25.7 Å². The van der Waals surface area contributed by atoms with Crippen LogP contribution < -0.4 is 10.6 Å². The van der Waals surface area contributed by atoms with Gasteiger partial charge in [-0.05, 0) is 43.5 Å². The van der Waals surface area contributed by atoms with Gasteiger partial charge in [0.25, 0.3) is 0 Å². The van der Waals surface area contributed by atoms with E-state index in [-0.39, 0.29) is 11.8 Å². The van der Waals surface area contributed by atoms with Gasteiger partial charge in [0, 0.05) is 11.7 Å². The highest BCUT2D eigenvalue weighted by atomic mass is 16.3. The fourth-order valence-electron chi connectivity index (χ4n) is 2.29. The van der Waals surface area contributed by atoms with Crippen LogP contribution >= 0.6 is 0 Å². The number of carbonyl (C=O) groups excluding carboxylic acids is 2. The predicted octanol–water partition coefficient (Wildman–Crippen LogP) is 1.70. The smallest absolute Gasteiger partial charge is 0.313 e. The third kappa shape index (κ3) is 3.47. The molecule has 2 rings (SSSR count). The van der Waals surface area contributed by atoms with E-state index in [4.69, 9.17) is 0 Å². The molecule has 0 aliphatic heterocycles. The Morgan fingerprint density at radius 2 is 1.89 bits per heavy atom. The molecule has 3 N–H and O–H groups in total. The van der Waals surface area contributed by atoms with Crippen LogP contribution in [0.2, 0.25) is 0 Å². The SMILES string of the molecule is Cc1cc(O)ccc1NC(=O)C(=O)NC1CCCC1. The highest BCUT2D eigenvalue weighted by Gasteiger charge is 2.21. The molecule has 1 aliphatic rings. The molecule has 0 unspecified atom stereocenters. The van der Waals surface area contributed by atoms with E-state index in [0.29, 0.717) is 11.3 Å². The van der Waals surface area contributed by atoms with Crippen LogP contribution in [0, 0.1) is 6.92 Å². The van der Waals surface area contributed by atoms with Crippen LogP contribution in [0.3, 0.4) is 0 Å². The van der Waals surface area contributed by atoms with Gasteiger partial charge in [0.2, 0.25) is 0 Å². The number of anilines is 1. The van der Waals surface area contributed by atoms with Gasteiger partial charge in [-0.3, -0.25) is 9.59 Å². The number of aromatic hydroxyl groups is 1. The molecule has 0 bridgehead atoms. The quantitative estimate of drug-likeness (QED) is 0.560. The molecule has 0 aromatic heterocycles. The summed E-state index contributed by atoms with van der Waals surface area (Å²) in [6.07, 6.45) is 4.09. The van der Waals surface area contributed by atoms with Crippen molar-refractivity contribution in [3.63, 3.8) is 0 Å². The van der Waals surface area contributed by atoms with Gasteiger partial charge >= 0.3 is 11.8 Å². The van der Waals surface area contributed by atoms with Crippen LogP contribution in [0.5, 0.6) is 5.75 Å². The fraction of sp³-hybridized carbons (Fsp3) is 0.429. The van der Waals surface area contributed by atoms with Crippen molar-refractivity contribution in [2.24, 2.45) is 0 Å². The topological polar surface area (TPSA) is 78.4 Å². The number of phenols is 1. The van der Waals surface area contributed by atoms with Crippen LogP contribution in [0.1, 0.15) is 31.2 Å². The summed E-state index contributed by atoms with van der Waals surface area (Å²) in [5.74, 6) is -1.13. The van der Waals surface area contributed by atoms with Crippen LogP contribution in [-0.4, -0.2) is 23.0 Å². The molecule has 1 aromatic carbocycles. The average molecular weight is 262 g/mol. The zero-order valence-corrected chi connectivity index (χ0v) is 10.9. The third-order valence-corrected chi connectivity index (χ3v) is 3.35. The molecule has 1 aromatic rings. The van der Waals surface area contributed by atoms with Gasteiger partial charge in [-0.2, -0.15) is 0 Å². The standard InChI is InChI=1S/C14H18N2O3/c1-9-8-11(17)6-7-12(9)16-14(19)13(18)15-10-4-2-3-5-10/h6-8,10,17H,2-5H2,1H3,(H,15,18)(H,16,19). The lowest BCUT2D eigenvalue weighted by Crippen LogP contribution is -2.40. The molecule has 19 heavy (non-hydrogen) atoms. The maximum atomic E-state index is 11.8. The van der Waals surface area contributed by atoms with Gasteiger partial charge in [0.1, 0.15) is 5.75 Å². The number of nitrogens with one attached hydrogen (secondary N) is 2. The van der Waals surface area contributed by atoms with E-state index >= 15 is 0 Å². The first kappa shape index (κ1) is 13.4. The maximum Gasteiger partial charge on any atom is 0.313 e. The first-order valence-corrected chi connectivity index (χ1v) is 6.48. The summed E-state index contributed by atoms with van der Waals surface area (Å²) in [5, 5.41) is 14.6. The van der Waals surface area contributed by atoms with Crippen molar-refractivity contribution in [3.8, 4) is 5.75 Å². The summed E-state index contributed by atoms with van der Waals surface area (Å²) in [7, 11) is 0. The molecule has 1 aliphatic carbocycles. The number of carbonyl (C=O) groups is 2. The van der Waals surface area contributed by atoms with Gasteiger partial charge in [0.15, 0.2) is 0 Å². The summed E-state index contributed by atoms with van der Waals surface area (Å²) >= 11 is 0. The highest BCUT2D eigenvalue weighted by molar-refractivity contribution is 6.39. The van der Waals surface area contributed by atoms with Crippen LogP contribution in [0.15, 0.2) is 18.2 Å². The first-order valence-electron chi connectivity index (χ1n) is 6.48. The number of amides is 2. The molecule has 0 heterocycles. The van der Waals surface area contributed by atoms with E-state index in [2.05, 4.69) is 10.6 Å². The Bertz CT molecular complexity index is 493. The molecule has 0 radical (unpaired) electrons. The van der Waals surface area contributed by atoms with Crippen molar-refractivity contribution >= 4 is 17.5 Å². The second-order valence-electron chi connectivity index (χ2n) is 4.91. The first-order chi connectivity index (χ1) is 9.06. The largest absolute Gasteiger partial charge is 0.508 e. The summed E-state index contributed by atoms with van der Waals surface area (Å²) in [5.41, 5.74) is 1.24. The lowest BCUT2D eigenvalue weighted by Gasteiger charge is -2.12. The summed E-state index contributed by atoms with van der Waals surface area (Å²) in [6, 6.07) is 4.70.